The second-order valence-electron chi connectivity index (χ2n) is 6.31. The lowest BCUT2D eigenvalue weighted by molar-refractivity contribution is 0.0939. The van der Waals surface area contributed by atoms with Gasteiger partial charge in [-0.3, -0.25) is 4.79 Å². The molecule has 0 aliphatic rings. The van der Waals surface area contributed by atoms with Gasteiger partial charge in [-0.2, -0.15) is 0 Å². The summed E-state index contributed by atoms with van der Waals surface area (Å²) in [5.74, 6) is -0.00803. The molecule has 1 amide bonds. The van der Waals surface area contributed by atoms with E-state index in [0.717, 1.165) is 16.7 Å². The van der Waals surface area contributed by atoms with Gasteiger partial charge >= 0.3 is 0 Å². The second-order valence-corrected chi connectivity index (χ2v) is 6.31. The Morgan fingerprint density at radius 2 is 1.50 bits per heavy atom. The molecule has 2 rings (SSSR count). The first-order valence-electron chi connectivity index (χ1n) is 7.75. The van der Waals surface area contributed by atoms with Gasteiger partial charge in [-0.25, -0.2) is 0 Å². The molecule has 22 heavy (non-hydrogen) atoms. The summed E-state index contributed by atoms with van der Waals surface area (Å²) >= 11 is 0. The topological polar surface area (TPSA) is 29.1 Å². The lowest BCUT2D eigenvalue weighted by Crippen LogP contribution is -2.28. The highest BCUT2D eigenvalue weighted by atomic mass is 16.1. The van der Waals surface area contributed by atoms with Crippen molar-refractivity contribution < 1.29 is 4.79 Å². The molecule has 0 aliphatic heterocycles. The molecule has 2 aromatic carbocycles. The van der Waals surface area contributed by atoms with Crippen molar-refractivity contribution in [3.63, 3.8) is 0 Å². The number of hydrogen-bond donors (Lipinski definition) is 1. The Morgan fingerprint density at radius 1 is 0.864 bits per heavy atom. The fourth-order valence-electron chi connectivity index (χ4n) is 2.78. The lowest BCUT2D eigenvalue weighted by Gasteiger charge is -2.19. The summed E-state index contributed by atoms with van der Waals surface area (Å²) in [6, 6.07) is 10.3. The van der Waals surface area contributed by atoms with E-state index in [0.29, 0.717) is 0 Å². The van der Waals surface area contributed by atoms with Gasteiger partial charge in [-0.05, 0) is 75.4 Å². The highest BCUT2D eigenvalue weighted by molar-refractivity contribution is 5.96. The summed E-state index contributed by atoms with van der Waals surface area (Å²) < 4.78 is 0. The van der Waals surface area contributed by atoms with E-state index in [-0.39, 0.29) is 11.9 Å². The predicted octanol–water partition coefficient (Wildman–Crippen LogP) is 4.72. The van der Waals surface area contributed by atoms with Crippen molar-refractivity contribution in [1.29, 1.82) is 0 Å². The van der Waals surface area contributed by atoms with Gasteiger partial charge < -0.3 is 5.32 Å². The van der Waals surface area contributed by atoms with E-state index in [4.69, 9.17) is 0 Å². The van der Waals surface area contributed by atoms with Gasteiger partial charge in [0.1, 0.15) is 0 Å². The van der Waals surface area contributed by atoms with E-state index in [9.17, 15) is 4.79 Å². The third kappa shape index (κ3) is 3.38. The summed E-state index contributed by atoms with van der Waals surface area (Å²) in [6.07, 6.45) is 0. The van der Waals surface area contributed by atoms with Crippen molar-refractivity contribution in [2.75, 3.05) is 0 Å². The minimum absolute atomic E-state index is 0.00767. The van der Waals surface area contributed by atoms with Gasteiger partial charge in [-0.15, -0.1) is 0 Å². The number of benzene rings is 2. The molecule has 0 aromatic heterocycles. The Bertz CT molecular complexity index is 716. The zero-order valence-electron chi connectivity index (χ0n) is 14.4. The average molecular weight is 295 g/mol. The molecule has 1 atom stereocenters. The second kappa shape index (κ2) is 6.35. The Balaban J connectivity index is 2.25. The van der Waals surface area contributed by atoms with Crippen LogP contribution in [0.2, 0.25) is 0 Å². The molecule has 0 saturated heterocycles. The van der Waals surface area contributed by atoms with E-state index in [2.05, 4.69) is 38.2 Å². The van der Waals surface area contributed by atoms with E-state index in [1.54, 1.807) is 0 Å². The number of carbonyl (C=O) groups excluding carboxylic acids is 1. The maximum Gasteiger partial charge on any atom is 0.252 e. The normalized spacial score (nSPS) is 12.1. The first-order chi connectivity index (χ1) is 10.3. The van der Waals surface area contributed by atoms with Crippen molar-refractivity contribution in [2.45, 2.75) is 47.6 Å². The molecule has 0 heterocycles. The molecule has 2 heteroatoms. The molecule has 0 fully saturated rings. The zero-order valence-corrected chi connectivity index (χ0v) is 14.4. The molecule has 0 saturated carbocycles. The summed E-state index contributed by atoms with van der Waals surface area (Å²) in [6.45, 7) is 12.3. The van der Waals surface area contributed by atoms with E-state index >= 15 is 0 Å². The minimum atomic E-state index is -0.00803. The van der Waals surface area contributed by atoms with Gasteiger partial charge in [0.05, 0.1) is 6.04 Å². The maximum atomic E-state index is 12.6. The van der Waals surface area contributed by atoms with Crippen LogP contribution in [-0.4, -0.2) is 5.91 Å². The van der Waals surface area contributed by atoms with Gasteiger partial charge in [0.25, 0.3) is 5.91 Å². The van der Waals surface area contributed by atoms with Crippen LogP contribution in [0.5, 0.6) is 0 Å². The molecule has 116 valence electrons. The Hall–Kier alpha value is -2.09. The van der Waals surface area contributed by atoms with Crippen molar-refractivity contribution in [3.05, 3.63) is 69.3 Å². The van der Waals surface area contributed by atoms with Crippen LogP contribution in [-0.2, 0) is 0 Å². The van der Waals surface area contributed by atoms with Crippen LogP contribution in [0.1, 0.15) is 56.7 Å². The monoisotopic (exact) mass is 295 g/mol. The zero-order chi connectivity index (χ0) is 16.4. The molecule has 0 spiro atoms. The summed E-state index contributed by atoms with van der Waals surface area (Å²) in [7, 11) is 0. The van der Waals surface area contributed by atoms with Crippen LogP contribution >= 0.6 is 0 Å². The number of rotatable bonds is 3. The van der Waals surface area contributed by atoms with E-state index in [1.165, 1.54) is 22.3 Å². The van der Waals surface area contributed by atoms with Crippen LogP contribution in [0.4, 0.5) is 0 Å². The van der Waals surface area contributed by atoms with Crippen LogP contribution in [0.3, 0.4) is 0 Å². The first-order valence-corrected chi connectivity index (χ1v) is 7.75. The SMILES string of the molecule is Cc1ccc(C)c(C(=O)N[C@@H](C)c2cc(C)c(C)cc2C)c1. The molecule has 2 aromatic rings. The van der Waals surface area contributed by atoms with Crippen molar-refractivity contribution in [3.8, 4) is 0 Å². The third-order valence-corrected chi connectivity index (χ3v) is 4.33. The van der Waals surface area contributed by atoms with Crippen molar-refractivity contribution >= 4 is 5.91 Å². The number of amides is 1. The van der Waals surface area contributed by atoms with Gasteiger partial charge in [-0.1, -0.05) is 29.8 Å². The standard InChI is InChI=1S/C20H25NO/c1-12-7-8-13(2)19(9-12)20(22)21-17(6)18-11-15(4)14(3)10-16(18)5/h7-11,17H,1-6H3,(H,21,22)/t17-/m0/s1. The maximum absolute atomic E-state index is 12.6. The lowest BCUT2D eigenvalue weighted by atomic mass is 9.96. The fraction of sp³-hybridized carbons (Fsp3) is 0.350. The molecule has 0 radical (unpaired) electrons. The molecule has 0 unspecified atom stereocenters. The predicted molar refractivity (Wildman–Crippen MR) is 92.5 cm³/mol. The molecule has 0 bridgehead atoms. The fourth-order valence-corrected chi connectivity index (χ4v) is 2.78. The van der Waals surface area contributed by atoms with Crippen molar-refractivity contribution in [1.82, 2.24) is 5.32 Å². The largest absolute Gasteiger partial charge is 0.345 e. The molecule has 0 aliphatic carbocycles. The molecule has 2 nitrogen and oxygen atoms in total. The number of hydrogen-bond acceptors (Lipinski definition) is 1. The summed E-state index contributed by atoms with van der Waals surface area (Å²) in [4.78, 5) is 12.6. The summed E-state index contributed by atoms with van der Waals surface area (Å²) in [5.41, 5.74) is 7.81. The highest BCUT2D eigenvalue weighted by Gasteiger charge is 2.15. The van der Waals surface area contributed by atoms with Crippen LogP contribution in [0.15, 0.2) is 30.3 Å². The van der Waals surface area contributed by atoms with Crippen LogP contribution in [0, 0.1) is 34.6 Å². The van der Waals surface area contributed by atoms with Crippen molar-refractivity contribution in [2.24, 2.45) is 0 Å². The Morgan fingerprint density at radius 3 is 2.18 bits per heavy atom. The molecular formula is C20H25NO. The van der Waals surface area contributed by atoms with Crippen LogP contribution in [0.25, 0.3) is 0 Å². The smallest absolute Gasteiger partial charge is 0.252 e. The van der Waals surface area contributed by atoms with E-state index in [1.807, 2.05) is 39.0 Å². The average Bonchev–Trinajstić information content (AvgIpc) is 2.45. The highest BCUT2D eigenvalue weighted by Crippen LogP contribution is 2.22. The quantitative estimate of drug-likeness (QED) is 0.872. The Kier molecular flexibility index (Phi) is 4.70. The third-order valence-electron chi connectivity index (χ3n) is 4.33. The minimum Gasteiger partial charge on any atom is -0.345 e. The first kappa shape index (κ1) is 16.3. The summed E-state index contributed by atoms with van der Waals surface area (Å²) in [5, 5.41) is 3.13. The molecule has 1 N–H and O–H groups in total. The van der Waals surface area contributed by atoms with Gasteiger partial charge in [0.2, 0.25) is 0 Å². The van der Waals surface area contributed by atoms with E-state index < -0.39 is 0 Å². The van der Waals surface area contributed by atoms with Gasteiger partial charge in [0.15, 0.2) is 0 Å². The number of aryl methyl sites for hydroxylation is 5. The Labute approximate surface area is 133 Å². The van der Waals surface area contributed by atoms with Gasteiger partial charge in [0, 0.05) is 5.56 Å². The number of nitrogens with one attached hydrogen (secondary N) is 1. The number of carbonyl (C=O) groups is 1. The molecular weight excluding hydrogens is 270 g/mol. The van der Waals surface area contributed by atoms with Crippen LogP contribution < -0.4 is 5.32 Å².